The molecule has 0 aromatic rings. The highest BCUT2D eigenvalue weighted by molar-refractivity contribution is 7.47. The number of phosphoric ester groups is 1. The van der Waals surface area contributed by atoms with Crippen LogP contribution >= 0.6 is 7.82 Å². The summed E-state index contributed by atoms with van der Waals surface area (Å²) in [5.74, 6) is -0.822. The molecule has 0 aliphatic carbocycles. The van der Waals surface area contributed by atoms with Gasteiger partial charge < -0.3 is 18.9 Å². The van der Waals surface area contributed by atoms with Crippen LogP contribution in [0, 0.1) is 0 Å². The summed E-state index contributed by atoms with van der Waals surface area (Å²) in [7, 11) is 1.48. The molecule has 0 aliphatic rings. The van der Waals surface area contributed by atoms with Gasteiger partial charge in [0.25, 0.3) is 0 Å². The first-order valence-corrected chi connectivity index (χ1v) is 18.3. The summed E-state index contributed by atoms with van der Waals surface area (Å²) in [6, 6.07) is 0. The Balaban J connectivity index is 4.18. The van der Waals surface area contributed by atoms with Crippen LogP contribution in [0.4, 0.5) is 0 Å². The third kappa shape index (κ3) is 29.1. The van der Waals surface area contributed by atoms with Crippen molar-refractivity contribution in [3.05, 3.63) is 0 Å². The lowest BCUT2D eigenvalue weighted by Crippen LogP contribution is -2.37. The largest absolute Gasteiger partial charge is 0.472 e. The number of carbonyl (C=O) groups excluding carboxylic acids is 2. The number of quaternary nitrogens is 1. The number of hydrogen-bond donors (Lipinski definition) is 1. The van der Waals surface area contributed by atoms with Crippen LogP contribution in [0.2, 0.25) is 0 Å². The van der Waals surface area contributed by atoms with Crippen molar-refractivity contribution < 1.29 is 42.1 Å². The standard InChI is InChI=1S/C32H64NO8P/c1-6-8-10-11-12-13-14-15-16-17-18-19-20-21-23-24-31(34)38-28-30(41-32(35)25-22-9-7-2)29-40-42(36,37)39-27-26-33(3,4)5/h30H,6-29H2,1-5H3/p+1/t30-/m1/s1. The van der Waals surface area contributed by atoms with E-state index >= 15 is 0 Å². The van der Waals surface area contributed by atoms with E-state index in [4.69, 9.17) is 18.5 Å². The first-order chi connectivity index (χ1) is 20.0. The maximum atomic E-state index is 12.3. The van der Waals surface area contributed by atoms with Crippen LogP contribution in [0.3, 0.4) is 0 Å². The van der Waals surface area contributed by atoms with Gasteiger partial charge in [0.15, 0.2) is 6.10 Å². The molecule has 0 rings (SSSR count). The van der Waals surface area contributed by atoms with Gasteiger partial charge in [-0.15, -0.1) is 0 Å². The van der Waals surface area contributed by atoms with Crippen LogP contribution in [0.25, 0.3) is 0 Å². The van der Waals surface area contributed by atoms with E-state index in [9.17, 15) is 19.0 Å². The zero-order valence-electron chi connectivity index (χ0n) is 27.7. The second kappa shape index (κ2) is 26.4. The molecule has 0 saturated heterocycles. The molecule has 0 aliphatic heterocycles. The average molecular weight is 623 g/mol. The topological polar surface area (TPSA) is 108 Å². The molecule has 250 valence electrons. The highest BCUT2D eigenvalue weighted by Crippen LogP contribution is 2.43. The molecule has 10 heteroatoms. The van der Waals surface area contributed by atoms with Gasteiger partial charge in [0.2, 0.25) is 0 Å². The Morgan fingerprint density at radius 1 is 0.643 bits per heavy atom. The van der Waals surface area contributed by atoms with Gasteiger partial charge in [0.1, 0.15) is 19.8 Å². The average Bonchev–Trinajstić information content (AvgIpc) is 2.91. The van der Waals surface area contributed by atoms with Gasteiger partial charge in [-0.2, -0.15) is 0 Å². The van der Waals surface area contributed by atoms with E-state index in [0.717, 1.165) is 32.1 Å². The van der Waals surface area contributed by atoms with Crippen molar-refractivity contribution in [1.29, 1.82) is 0 Å². The third-order valence-electron chi connectivity index (χ3n) is 7.14. The van der Waals surface area contributed by atoms with Crippen LogP contribution in [0.5, 0.6) is 0 Å². The second-order valence-electron chi connectivity index (χ2n) is 12.6. The summed E-state index contributed by atoms with van der Waals surface area (Å²) in [4.78, 5) is 34.5. The van der Waals surface area contributed by atoms with E-state index in [1.807, 2.05) is 28.1 Å². The normalized spacial score (nSPS) is 14.0. The molecular formula is C32H65NO8P+. The van der Waals surface area contributed by atoms with Crippen LogP contribution in [0.15, 0.2) is 0 Å². The SMILES string of the molecule is CCCCCCCCCCCCCCCCCC(=O)OC[C@H](COP(=O)(O)OCC[N+](C)(C)C)OC(=O)CCCCC. The Labute approximate surface area is 257 Å². The molecule has 1 N–H and O–H groups in total. The van der Waals surface area contributed by atoms with Crippen molar-refractivity contribution >= 4 is 19.8 Å². The van der Waals surface area contributed by atoms with Crippen molar-refractivity contribution in [3.63, 3.8) is 0 Å². The van der Waals surface area contributed by atoms with E-state index in [0.29, 0.717) is 23.9 Å². The summed E-state index contributed by atoms with van der Waals surface area (Å²) < 4.78 is 33.7. The van der Waals surface area contributed by atoms with Gasteiger partial charge in [0, 0.05) is 12.8 Å². The van der Waals surface area contributed by atoms with Gasteiger partial charge in [0.05, 0.1) is 27.7 Å². The fourth-order valence-electron chi connectivity index (χ4n) is 4.42. The molecule has 1 unspecified atom stereocenters. The van der Waals surface area contributed by atoms with Crippen molar-refractivity contribution in [1.82, 2.24) is 0 Å². The highest BCUT2D eigenvalue weighted by Gasteiger charge is 2.27. The first-order valence-electron chi connectivity index (χ1n) is 16.8. The zero-order chi connectivity index (χ0) is 31.5. The number of nitrogens with zero attached hydrogens (tertiary/aromatic N) is 1. The summed E-state index contributed by atoms with van der Waals surface area (Å²) in [5, 5.41) is 0. The second-order valence-corrected chi connectivity index (χ2v) is 14.0. The Hall–Kier alpha value is -0.990. The van der Waals surface area contributed by atoms with E-state index < -0.39 is 26.5 Å². The Bertz CT molecular complexity index is 713. The Morgan fingerprint density at radius 2 is 1.07 bits per heavy atom. The molecule has 2 atom stereocenters. The predicted molar refractivity (Wildman–Crippen MR) is 169 cm³/mol. The van der Waals surface area contributed by atoms with E-state index in [1.165, 1.54) is 77.0 Å². The molecule has 0 radical (unpaired) electrons. The van der Waals surface area contributed by atoms with Crippen LogP contribution in [-0.2, 0) is 32.7 Å². The van der Waals surface area contributed by atoms with E-state index in [-0.39, 0.29) is 25.6 Å². The minimum atomic E-state index is -4.34. The van der Waals surface area contributed by atoms with Gasteiger partial charge in [-0.25, -0.2) is 4.57 Å². The summed E-state index contributed by atoms with van der Waals surface area (Å²) in [6.45, 7) is 4.22. The van der Waals surface area contributed by atoms with Crippen LogP contribution in [-0.4, -0.2) is 74.9 Å². The van der Waals surface area contributed by atoms with Gasteiger partial charge >= 0.3 is 19.8 Å². The molecule has 0 fully saturated rings. The number of carbonyl (C=O) groups is 2. The van der Waals surface area contributed by atoms with Crippen molar-refractivity contribution in [3.8, 4) is 0 Å². The van der Waals surface area contributed by atoms with E-state index in [1.54, 1.807) is 0 Å². The van der Waals surface area contributed by atoms with Gasteiger partial charge in [-0.3, -0.25) is 18.6 Å². The molecule has 0 amide bonds. The molecule has 0 bridgehead atoms. The molecule has 0 heterocycles. The predicted octanol–water partition coefficient (Wildman–Crippen LogP) is 8.12. The number of phosphoric acid groups is 1. The highest BCUT2D eigenvalue weighted by atomic mass is 31.2. The maximum Gasteiger partial charge on any atom is 0.472 e. The maximum absolute atomic E-state index is 12.3. The smallest absolute Gasteiger partial charge is 0.462 e. The summed E-state index contributed by atoms with van der Waals surface area (Å²) in [6.07, 6.45) is 20.9. The fraction of sp³-hybridized carbons (Fsp3) is 0.938. The minimum absolute atomic E-state index is 0.0347. The quantitative estimate of drug-likeness (QED) is 0.0370. The molecule has 42 heavy (non-hydrogen) atoms. The van der Waals surface area contributed by atoms with Crippen LogP contribution in [0.1, 0.15) is 142 Å². The van der Waals surface area contributed by atoms with Crippen LogP contribution < -0.4 is 0 Å². The monoisotopic (exact) mass is 622 g/mol. The molecule has 9 nitrogen and oxygen atoms in total. The number of hydrogen-bond acceptors (Lipinski definition) is 7. The Morgan fingerprint density at radius 3 is 1.57 bits per heavy atom. The lowest BCUT2D eigenvalue weighted by molar-refractivity contribution is -0.870. The minimum Gasteiger partial charge on any atom is -0.462 e. The molecule has 0 aromatic heterocycles. The number of unbranched alkanes of at least 4 members (excludes halogenated alkanes) is 16. The number of rotatable bonds is 30. The number of ether oxygens (including phenoxy) is 2. The Kier molecular flexibility index (Phi) is 25.8. The third-order valence-corrected chi connectivity index (χ3v) is 8.12. The summed E-state index contributed by atoms with van der Waals surface area (Å²) in [5.41, 5.74) is 0. The molecule has 0 saturated carbocycles. The number of likely N-dealkylation sites (N-methyl/N-ethyl adjacent to an activating group) is 1. The lowest BCUT2D eigenvalue weighted by Gasteiger charge is -2.24. The van der Waals surface area contributed by atoms with Crippen molar-refractivity contribution in [2.75, 3.05) is 47.5 Å². The molecule has 0 spiro atoms. The molecule has 0 aromatic carbocycles. The molecular weight excluding hydrogens is 557 g/mol. The lowest BCUT2D eigenvalue weighted by atomic mass is 10.0. The summed E-state index contributed by atoms with van der Waals surface area (Å²) >= 11 is 0. The van der Waals surface area contributed by atoms with Crippen molar-refractivity contribution in [2.24, 2.45) is 0 Å². The number of esters is 2. The van der Waals surface area contributed by atoms with Gasteiger partial charge in [-0.05, 0) is 12.8 Å². The van der Waals surface area contributed by atoms with Gasteiger partial charge in [-0.1, -0.05) is 117 Å². The van der Waals surface area contributed by atoms with E-state index in [2.05, 4.69) is 6.92 Å². The zero-order valence-corrected chi connectivity index (χ0v) is 28.6. The van der Waals surface area contributed by atoms with Crippen molar-refractivity contribution in [2.45, 2.75) is 148 Å². The fourth-order valence-corrected chi connectivity index (χ4v) is 5.17. The first kappa shape index (κ1) is 41.0.